The molecule has 0 bridgehead atoms. The van der Waals surface area contributed by atoms with Crippen LogP contribution in [0.3, 0.4) is 0 Å². The minimum Gasteiger partial charge on any atom is -0.507 e. The highest BCUT2D eigenvalue weighted by molar-refractivity contribution is 6.25. The zero-order valence-corrected chi connectivity index (χ0v) is 14.8. The minimum absolute atomic E-state index is 0.0165. The molecular formula is C20H24O6. The zero-order valence-electron chi connectivity index (χ0n) is 14.8. The van der Waals surface area contributed by atoms with Crippen LogP contribution in [0.5, 0.6) is 5.75 Å². The van der Waals surface area contributed by atoms with E-state index in [0.717, 1.165) is 24.5 Å². The lowest BCUT2D eigenvalue weighted by Crippen LogP contribution is -2.19. The van der Waals surface area contributed by atoms with E-state index in [0.29, 0.717) is 24.8 Å². The van der Waals surface area contributed by atoms with Gasteiger partial charge in [0.15, 0.2) is 11.5 Å². The van der Waals surface area contributed by atoms with Crippen molar-refractivity contribution in [3.05, 3.63) is 52.3 Å². The van der Waals surface area contributed by atoms with Gasteiger partial charge in [0, 0.05) is 18.2 Å². The molecule has 0 saturated carbocycles. The number of carbonyl (C=O) groups is 2. The van der Waals surface area contributed by atoms with Crippen molar-refractivity contribution in [3.63, 3.8) is 0 Å². The van der Waals surface area contributed by atoms with Crippen LogP contribution in [-0.4, -0.2) is 47.2 Å². The normalized spacial score (nSPS) is 13.9. The third-order valence-corrected chi connectivity index (χ3v) is 4.39. The summed E-state index contributed by atoms with van der Waals surface area (Å²) in [6.45, 7) is 0.0105. The molecule has 0 aromatic heterocycles. The molecule has 0 unspecified atom stereocenters. The highest BCUT2D eigenvalue weighted by atomic mass is 16.5. The van der Waals surface area contributed by atoms with E-state index >= 15 is 0 Å². The number of rotatable bonds is 9. The van der Waals surface area contributed by atoms with Crippen molar-refractivity contribution in [2.24, 2.45) is 0 Å². The van der Waals surface area contributed by atoms with Crippen LogP contribution >= 0.6 is 0 Å². The number of allylic oxidation sites excluding steroid dienone is 3. The Balaban J connectivity index is 2.47. The van der Waals surface area contributed by atoms with Crippen LogP contribution < -0.4 is 0 Å². The number of unbranched alkanes of at least 4 members (excludes halogenated alkanes) is 2. The van der Waals surface area contributed by atoms with E-state index in [4.69, 9.17) is 14.9 Å². The lowest BCUT2D eigenvalue weighted by Gasteiger charge is -2.20. The maximum atomic E-state index is 12.5. The maximum Gasteiger partial charge on any atom is 0.228 e. The van der Waals surface area contributed by atoms with Gasteiger partial charge < -0.3 is 20.1 Å². The topological polar surface area (TPSA) is 104 Å². The van der Waals surface area contributed by atoms with Gasteiger partial charge in [-0.15, -0.1) is 0 Å². The standard InChI is InChI=1S/C20H24O6/c1-26-17-12-16(23)18-15(19(17)24)11-13(7-4-6-10-22)14(20(18)25)8-3-2-5-9-21/h4,6,11-12,21-22,25H,2-3,5,7-10H2,1H3/b6-4+. The van der Waals surface area contributed by atoms with Crippen molar-refractivity contribution in [3.8, 4) is 5.75 Å². The van der Waals surface area contributed by atoms with E-state index < -0.39 is 11.6 Å². The van der Waals surface area contributed by atoms with Crippen LogP contribution in [0.2, 0.25) is 0 Å². The lowest BCUT2D eigenvalue weighted by molar-refractivity contribution is 0.0914. The number of hydrogen-bond donors (Lipinski definition) is 3. The Morgan fingerprint density at radius 2 is 1.88 bits per heavy atom. The number of benzene rings is 1. The van der Waals surface area contributed by atoms with E-state index in [-0.39, 0.29) is 35.8 Å². The molecule has 3 N–H and O–H groups in total. The van der Waals surface area contributed by atoms with Gasteiger partial charge in [0.2, 0.25) is 5.78 Å². The summed E-state index contributed by atoms with van der Waals surface area (Å²) in [5.74, 6) is -1.10. The molecule has 2 rings (SSSR count). The van der Waals surface area contributed by atoms with Crippen LogP contribution in [0.1, 0.15) is 51.1 Å². The van der Waals surface area contributed by atoms with Gasteiger partial charge in [-0.05, 0) is 42.9 Å². The van der Waals surface area contributed by atoms with Crippen molar-refractivity contribution >= 4 is 11.6 Å². The van der Waals surface area contributed by atoms with E-state index in [1.54, 1.807) is 18.2 Å². The van der Waals surface area contributed by atoms with Crippen LogP contribution in [-0.2, 0) is 17.6 Å². The van der Waals surface area contributed by atoms with Gasteiger partial charge in [-0.1, -0.05) is 18.6 Å². The number of phenols is 1. The molecule has 1 aromatic carbocycles. The fraction of sp³-hybridized carbons (Fsp3) is 0.400. The minimum atomic E-state index is -0.456. The SMILES string of the molecule is COC1=CC(=O)c2c(cc(C/C=C/CO)c(CCCCCO)c2O)C1=O. The summed E-state index contributed by atoms with van der Waals surface area (Å²) in [5, 5.41) is 28.5. The Morgan fingerprint density at radius 1 is 1.12 bits per heavy atom. The third kappa shape index (κ3) is 4.20. The number of aliphatic hydroxyl groups excluding tert-OH is 2. The Kier molecular flexibility index (Phi) is 7.12. The molecule has 0 heterocycles. The summed E-state index contributed by atoms with van der Waals surface area (Å²) >= 11 is 0. The summed E-state index contributed by atoms with van der Waals surface area (Å²) in [4.78, 5) is 24.9. The highest BCUT2D eigenvalue weighted by Gasteiger charge is 2.31. The number of carbonyl (C=O) groups excluding carboxylic acids is 2. The van der Waals surface area contributed by atoms with Crippen molar-refractivity contribution in [2.75, 3.05) is 20.3 Å². The maximum absolute atomic E-state index is 12.5. The molecule has 0 radical (unpaired) electrons. The lowest BCUT2D eigenvalue weighted by atomic mass is 9.85. The molecule has 140 valence electrons. The first-order chi connectivity index (χ1) is 12.5. The van der Waals surface area contributed by atoms with Crippen LogP contribution in [0, 0.1) is 0 Å². The number of methoxy groups -OCH3 is 1. The molecule has 26 heavy (non-hydrogen) atoms. The molecule has 0 amide bonds. The number of Topliss-reactive ketones (excluding diaryl/α,β-unsaturated/α-hetero) is 1. The summed E-state index contributed by atoms with van der Waals surface area (Å²) < 4.78 is 4.97. The van der Waals surface area contributed by atoms with Gasteiger partial charge in [0.1, 0.15) is 5.75 Å². The third-order valence-electron chi connectivity index (χ3n) is 4.39. The highest BCUT2D eigenvalue weighted by Crippen LogP contribution is 2.35. The summed E-state index contributed by atoms with van der Waals surface area (Å²) in [7, 11) is 1.32. The number of aromatic hydroxyl groups is 1. The summed E-state index contributed by atoms with van der Waals surface area (Å²) in [5.41, 5.74) is 1.51. The van der Waals surface area contributed by atoms with Crippen LogP contribution in [0.15, 0.2) is 30.1 Å². The Labute approximate surface area is 152 Å². The predicted molar refractivity (Wildman–Crippen MR) is 96.4 cm³/mol. The van der Waals surface area contributed by atoms with Crippen LogP contribution in [0.4, 0.5) is 0 Å². The molecule has 0 spiro atoms. The summed E-state index contributed by atoms with van der Waals surface area (Å²) in [6, 6.07) is 1.63. The van der Waals surface area contributed by atoms with Crippen molar-refractivity contribution < 1.29 is 29.6 Å². The van der Waals surface area contributed by atoms with E-state index in [2.05, 4.69) is 0 Å². The first-order valence-electron chi connectivity index (χ1n) is 8.64. The van der Waals surface area contributed by atoms with Gasteiger partial charge in [0.05, 0.1) is 19.3 Å². The number of aliphatic hydroxyl groups is 2. The Bertz CT molecular complexity index is 745. The van der Waals surface area contributed by atoms with Gasteiger partial charge in [-0.3, -0.25) is 9.59 Å². The second kappa shape index (κ2) is 9.31. The molecule has 0 aliphatic heterocycles. The van der Waals surface area contributed by atoms with Crippen molar-refractivity contribution in [1.82, 2.24) is 0 Å². The number of hydrogen-bond acceptors (Lipinski definition) is 6. The van der Waals surface area contributed by atoms with Gasteiger partial charge >= 0.3 is 0 Å². The largest absolute Gasteiger partial charge is 0.507 e. The van der Waals surface area contributed by atoms with Gasteiger partial charge in [0.25, 0.3) is 0 Å². The van der Waals surface area contributed by atoms with Gasteiger partial charge in [-0.2, -0.15) is 0 Å². The van der Waals surface area contributed by atoms with Crippen molar-refractivity contribution in [2.45, 2.75) is 32.1 Å². The number of fused-ring (bicyclic) bond motifs is 1. The Hall–Kier alpha value is -2.44. The molecule has 0 saturated heterocycles. The first kappa shape index (κ1) is 19.9. The second-order valence-electron chi connectivity index (χ2n) is 6.08. The second-order valence-corrected chi connectivity index (χ2v) is 6.08. The quantitative estimate of drug-likeness (QED) is 0.460. The molecule has 0 fully saturated rings. The van der Waals surface area contributed by atoms with Crippen LogP contribution in [0.25, 0.3) is 0 Å². The molecule has 1 aromatic rings. The van der Waals surface area contributed by atoms with Gasteiger partial charge in [-0.25, -0.2) is 0 Å². The average molecular weight is 360 g/mol. The molecular weight excluding hydrogens is 336 g/mol. The predicted octanol–water partition coefficient (Wildman–Crippen LogP) is 2.10. The Morgan fingerprint density at radius 3 is 2.54 bits per heavy atom. The fourth-order valence-electron chi connectivity index (χ4n) is 3.07. The molecule has 6 nitrogen and oxygen atoms in total. The molecule has 0 atom stereocenters. The van der Waals surface area contributed by atoms with E-state index in [1.807, 2.05) is 0 Å². The van der Waals surface area contributed by atoms with E-state index in [1.165, 1.54) is 7.11 Å². The first-order valence-corrected chi connectivity index (χ1v) is 8.64. The fourth-order valence-corrected chi connectivity index (χ4v) is 3.07. The average Bonchev–Trinajstić information content (AvgIpc) is 2.63. The number of ether oxygens (including phenoxy) is 1. The van der Waals surface area contributed by atoms with Crippen molar-refractivity contribution in [1.29, 1.82) is 0 Å². The monoisotopic (exact) mass is 360 g/mol. The summed E-state index contributed by atoms with van der Waals surface area (Å²) in [6.07, 6.45) is 7.59. The van der Waals surface area contributed by atoms with E-state index in [9.17, 15) is 14.7 Å². The zero-order chi connectivity index (χ0) is 19.1. The number of phenolic OH excluding ortho intramolecular Hbond substituents is 1. The molecule has 1 aliphatic rings. The number of ketones is 2. The molecule has 6 heteroatoms. The smallest absolute Gasteiger partial charge is 0.228 e. The molecule has 1 aliphatic carbocycles.